The number of benzene rings is 2. The highest BCUT2D eigenvalue weighted by atomic mass is 79.9. The maximum Gasteiger partial charge on any atom is 0.196 e. The van der Waals surface area contributed by atoms with Crippen LogP contribution in [0, 0.1) is 0 Å². The van der Waals surface area contributed by atoms with Crippen LogP contribution in [0.2, 0.25) is 0 Å². The Hall–Kier alpha value is -2.20. The molecule has 3 rings (SSSR count). The maximum atomic E-state index is 12.7. The number of para-hydroxylation sites is 1. The third kappa shape index (κ3) is 2.18. The number of hydrogen-bond acceptors (Lipinski definition) is 3. The molecule has 0 atom stereocenters. The van der Waals surface area contributed by atoms with Crippen LogP contribution in [0.3, 0.4) is 0 Å². The fraction of sp³-hybridized carbons (Fsp3) is 0. The number of halogens is 1. The number of nitrogens with two attached hydrogens (primary N) is 1. The first kappa shape index (κ1) is 12.8. The van der Waals surface area contributed by atoms with Gasteiger partial charge in [-0.3, -0.25) is 9.78 Å². The standard InChI is InChI=1S/C16H11BrN2O/c17-14-7-6-11(18)9-13(14)16(20)12-5-1-3-10-4-2-8-19-15(10)12/h1-9H,18H2. The second kappa shape index (κ2) is 5.06. The van der Waals surface area contributed by atoms with E-state index in [0.29, 0.717) is 22.3 Å². The molecule has 3 aromatic rings. The lowest BCUT2D eigenvalue weighted by atomic mass is 10.00. The fourth-order valence-electron chi connectivity index (χ4n) is 2.15. The molecule has 0 bridgehead atoms. The van der Waals surface area contributed by atoms with Crippen molar-refractivity contribution in [1.82, 2.24) is 4.98 Å². The summed E-state index contributed by atoms with van der Waals surface area (Å²) in [6, 6.07) is 14.6. The molecule has 0 aliphatic rings. The summed E-state index contributed by atoms with van der Waals surface area (Å²) in [7, 11) is 0. The second-order valence-electron chi connectivity index (χ2n) is 4.45. The van der Waals surface area contributed by atoms with Gasteiger partial charge in [0.1, 0.15) is 0 Å². The van der Waals surface area contributed by atoms with Gasteiger partial charge in [-0.2, -0.15) is 0 Å². The highest BCUT2D eigenvalue weighted by Gasteiger charge is 2.16. The van der Waals surface area contributed by atoms with Crippen LogP contribution in [-0.4, -0.2) is 10.8 Å². The number of ketones is 1. The van der Waals surface area contributed by atoms with E-state index in [1.807, 2.05) is 24.3 Å². The minimum absolute atomic E-state index is 0.0894. The second-order valence-corrected chi connectivity index (χ2v) is 5.30. The Bertz CT molecular complexity index is 809. The van der Waals surface area contributed by atoms with Crippen molar-refractivity contribution in [2.45, 2.75) is 0 Å². The highest BCUT2D eigenvalue weighted by Crippen LogP contribution is 2.25. The summed E-state index contributed by atoms with van der Waals surface area (Å²) in [5.74, 6) is -0.0894. The molecule has 20 heavy (non-hydrogen) atoms. The van der Waals surface area contributed by atoms with Gasteiger partial charge in [0.25, 0.3) is 0 Å². The lowest BCUT2D eigenvalue weighted by Gasteiger charge is -2.07. The first-order valence-electron chi connectivity index (χ1n) is 6.10. The lowest BCUT2D eigenvalue weighted by Crippen LogP contribution is -2.05. The van der Waals surface area contributed by atoms with E-state index in [1.165, 1.54) is 0 Å². The van der Waals surface area contributed by atoms with Gasteiger partial charge in [-0.15, -0.1) is 0 Å². The van der Waals surface area contributed by atoms with Crippen molar-refractivity contribution >= 4 is 38.3 Å². The van der Waals surface area contributed by atoms with Crippen LogP contribution >= 0.6 is 15.9 Å². The first-order valence-corrected chi connectivity index (χ1v) is 6.89. The van der Waals surface area contributed by atoms with Gasteiger partial charge in [0, 0.05) is 32.9 Å². The number of pyridine rings is 1. The van der Waals surface area contributed by atoms with Gasteiger partial charge in [-0.25, -0.2) is 0 Å². The number of nitrogen functional groups attached to an aromatic ring is 1. The molecule has 4 heteroatoms. The van der Waals surface area contributed by atoms with Crippen molar-refractivity contribution in [3.63, 3.8) is 0 Å². The molecular formula is C16H11BrN2O. The van der Waals surface area contributed by atoms with Gasteiger partial charge in [0.2, 0.25) is 0 Å². The van der Waals surface area contributed by atoms with E-state index in [4.69, 9.17) is 5.73 Å². The zero-order chi connectivity index (χ0) is 14.1. The van der Waals surface area contributed by atoms with Crippen LogP contribution in [0.15, 0.2) is 59.2 Å². The van der Waals surface area contributed by atoms with Crippen molar-refractivity contribution in [1.29, 1.82) is 0 Å². The van der Waals surface area contributed by atoms with E-state index in [2.05, 4.69) is 20.9 Å². The van der Waals surface area contributed by atoms with Crippen molar-refractivity contribution in [2.75, 3.05) is 5.73 Å². The Morgan fingerprint density at radius 1 is 1.05 bits per heavy atom. The average molecular weight is 327 g/mol. The molecule has 98 valence electrons. The van der Waals surface area contributed by atoms with Crippen LogP contribution in [0.5, 0.6) is 0 Å². The zero-order valence-corrected chi connectivity index (χ0v) is 12.1. The van der Waals surface area contributed by atoms with Gasteiger partial charge >= 0.3 is 0 Å². The minimum atomic E-state index is -0.0894. The molecule has 2 aromatic carbocycles. The molecule has 0 saturated carbocycles. The summed E-state index contributed by atoms with van der Waals surface area (Å²) in [4.78, 5) is 17.0. The predicted octanol–water partition coefficient (Wildman–Crippen LogP) is 3.81. The molecule has 0 fully saturated rings. The number of hydrogen-bond donors (Lipinski definition) is 1. The largest absolute Gasteiger partial charge is 0.399 e. The lowest BCUT2D eigenvalue weighted by molar-refractivity contribution is 0.103. The third-order valence-electron chi connectivity index (χ3n) is 3.11. The molecule has 1 aromatic heterocycles. The van der Waals surface area contributed by atoms with Gasteiger partial charge in [-0.05, 0) is 30.3 Å². The number of rotatable bonds is 2. The molecule has 0 unspecified atom stereocenters. The van der Waals surface area contributed by atoms with Crippen LogP contribution in [0.4, 0.5) is 5.69 Å². The molecule has 3 nitrogen and oxygen atoms in total. The Balaban J connectivity index is 2.20. The average Bonchev–Trinajstić information content (AvgIpc) is 2.48. The van der Waals surface area contributed by atoms with Crippen molar-refractivity contribution < 1.29 is 4.79 Å². The Morgan fingerprint density at radius 3 is 2.70 bits per heavy atom. The summed E-state index contributed by atoms with van der Waals surface area (Å²) in [5.41, 5.74) is 8.15. The van der Waals surface area contributed by atoms with E-state index < -0.39 is 0 Å². The highest BCUT2D eigenvalue weighted by molar-refractivity contribution is 9.10. The van der Waals surface area contributed by atoms with Crippen LogP contribution in [0.25, 0.3) is 10.9 Å². The summed E-state index contributed by atoms with van der Waals surface area (Å²) in [6.45, 7) is 0. The third-order valence-corrected chi connectivity index (χ3v) is 3.80. The summed E-state index contributed by atoms with van der Waals surface area (Å²) < 4.78 is 0.727. The Labute approximate surface area is 124 Å². The first-order chi connectivity index (χ1) is 9.66. The van der Waals surface area contributed by atoms with Crippen LogP contribution in [-0.2, 0) is 0 Å². The summed E-state index contributed by atoms with van der Waals surface area (Å²) in [5, 5.41) is 0.943. The van der Waals surface area contributed by atoms with Crippen LogP contribution < -0.4 is 5.73 Å². The van der Waals surface area contributed by atoms with E-state index in [9.17, 15) is 4.79 Å². The summed E-state index contributed by atoms with van der Waals surface area (Å²) >= 11 is 3.40. The quantitative estimate of drug-likeness (QED) is 0.575. The molecular weight excluding hydrogens is 316 g/mol. The predicted molar refractivity (Wildman–Crippen MR) is 83.7 cm³/mol. The molecule has 0 amide bonds. The molecule has 1 heterocycles. The van der Waals surface area contributed by atoms with Gasteiger partial charge in [0.15, 0.2) is 5.78 Å². The van der Waals surface area contributed by atoms with Gasteiger partial charge < -0.3 is 5.73 Å². The SMILES string of the molecule is Nc1ccc(Br)c(C(=O)c2cccc3cccnc23)c1. The van der Waals surface area contributed by atoms with Crippen molar-refractivity contribution in [3.05, 3.63) is 70.3 Å². The van der Waals surface area contributed by atoms with Gasteiger partial charge in [0.05, 0.1) is 5.52 Å². The van der Waals surface area contributed by atoms with Crippen LogP contribution in [0.1, 0.15) is 15.9 Å². The normalized spacial score (nSPS) is 10.7. The fourth-order valence-corrected chi connectivity index (χ4v) is 2.58. The minimum Gasteiger partial charge on any atom is -0.399 e. The monoisotopic (exact) mass is 326 g/mol. The number of nitrogens with zero attached hydrogens (tertiary/aromatic N) is 1. The molecule has 0 saturated heterocycles. The van der Waals surface area contributed by atoms with E-state index in [-0.39, 0.29) is 5.78 Å². The molecule has 0 aliphatic carbocycles. The molecule has 2 N–H and O–H groups in total. The number of anilines is 1. The van der Waals surface area contributed by atoms with E-state index in [0.717, 1.165) is 9.86 Å². The van der Waals surface area contributed by atoms with Crippen molar-refractivity contribution in [3.8, 4) is 0 Å². The van der Waals surface area contributed by atoms with Crippen molar-refractivity contribution in [2.24, 2.45) is 0 Å². The number of carbonyl (C=O) groups is 1. The molecule has 0 spiro atoms. The van der Waals surface area contributed by atoms with E-state index >= 15 is 0 Å². The maximum absolute atomic E-state index is 12.7. The number of fused-ring (bicyclic) bond motifs is 1. The number of aromatic nitrogens is 1. The molecule has 0 aliphatic heterocycles. The topological polar surface area (TPSA) is 56.0 Å². The Kier molecular flexibility index (Phi) is 3.24. The molecule has 0 radical (unpaired) electrons. The zero-order valence-electron chi connectivity index (χ0n) is 10.5. The number of carbonyl (C=O) groups excluding carboxylic acids is 1. The smallest absolute Gasteiger partial charge is 0.196 e. The summed E-state index contributed by atoms with van der Waals surface area (Å²) in [6.07, 6.45) is 1.69. The Morgan fingerprint density at radius 2 is 1.85 bits per heavy atom. The van der Waals surface area contributed by atoms with E-state index in [1.54, 1.807) is 30.5 Å². The van der Waals surface area contributed by atoms with Gasteiger partial charge in [-0.1, -0.05) is 34.1 Å².